The molecule has 5 nitrogen and oxygen atoms in total. The van der Waals surface area contributed by atoms with Gasteiger partial charge in [-0.3, -0.25) is 4.40 Å². The van der Waals surface area contributed by atoms with Crippen molar-refractivity contribution in [2.45, 2.75) is 13.8 Å². The average molecular weight is 163 g/mol. The van der Waals surface area contributed by atoms with Crippen LogP contribution in [-0.2, 0) is 0 Å². The third-order valence-electron chi connectivity index (χ3n) is 1.79. The number of rotatable bonds is 0. The molecule has 0 saturated carbocycles. The van der Waals surface area contributed by atoms with Crippen LogP contribution in [0, 0.1) is 13.8 Å². The first-order valence-corrected chi connectivity index (χ1v) is 3.62. The first-order valence-electron chi connectivity index (χ1n) is 3.62. The zero-order valence-corrected chi connectivity index (χ0v) is 6.94. The Kier molecular flexibility index (Phi) is 1.27. The fourth-order valence-corrected chi connectivity index (χ4v) is 1.28. The first kappa shape index (κ1) is 7.02. The summed E-state index contributed by atoms with van der Waals surface area (Å²) in [6, 6.07) is 0. The normalized spacial score (nSPS) is 10.8. The van der Waals surface area contributed by atoms with E-state index in [1.54, 1.807) is 4.40 Å². The Labute approximate surface area is 69.3 Å². The standard InChI is InChI=1S/C7H9N5/c1-4-6-9-3-10-7(8)12(6)5(2)11-4/h3H,1-2H3,(H2,8,9,10). The molecule has 0 bridgehead atoms. The highest BCUT2D eigenvalue weighted by Crippen LogP contribution is 2.10. The number of aryl methyl sites for hydroxylation is 2. The van der Waals surface area contributed by atoms with Crippen LogP contribution in [0.25, 0.3) is 5.65 Å². The molecule has 2 N–H and O–H groups in total. The van der Waals surface area contributed by atoms with Crippen molar-refractivity contribution in [3.05, 3.63) is 17.8 Å². The molecule has 0 fully saturated rings. The molecule has 0 saturated heterocycles. The molecule has 2 heterocycles. The van der Waals surface area contributed by atoms with E-state index in [0.717, 1.165) is 17.2 Å². The number of nitrogen functional groups attached to an aromatic ring is 1. The summed E-state index contributed by atoms with van der Waals surface area (Å²) in [6.45, 7) is 3.77. The van der Waals surface area contributed by atoms with Crippen molar-refractivity contribution >= 4 is 11.6 Å². The minimum absolute atomic E-state index is 0.429. The number of nitrogens with two attached hydrogens (primary N) is 1. The molecule has 2 aromatic heterocycles. The zero-order chi connectivity index (χ0) is 8.72. The van der Waals surface area contributed by atoms with Gasteiger partial charge in [0.2, 0.25) is 5.95 Å². The molecule has 0 unspecified atom stereocenters. The fourth-order valence-electron chi connectivity index (χ4n) is 1.28. The smallest absolute Gasteiger partial charge is 0.208 e. The van der Waals surface area contributed by atoms with Crippen molar-refractivity contribution in [2.75, 3.05) is 5.73 Å². The molecule has 0 aliphatic rings. The lowest BCUT2D eigenvalue weighted by Gasteiger charge is -1.97. The van der Waals surface area contributed by atoms with Crippen molar-refractivity contribution in [1.82, 2.24) is 19.4 Å². The second kappa shape index (κ2) is 2.17. The van der Waals surface area contributed by atoms with Gasteiger partial charge in [-0.15, -0.1) is 0 Å². The number of aromatic nitrogens is 4. The molecule has 0 amide bonds. The van der Waals surface area contributed by atoms with Gasteiger partial charge in [0.05, 0.1) is 5.69 Å². The van der Waals surface area contributed by atoms with E-state index in [9.17, 15) is 0 Å². The summed E-state index contributed by atoms with van der Waals surface area (Å²) >= 11 is 0. The van der Waals surface area contributed by atoms with Gasteiger partial charge in [0.25, 0.3) is 0 Å². The molecular weight excluding hydrogens is 154 g/mol. The Bertz CT molecular complexity index is 431. The third-order valence-corrected chi connectivity index (χ3v) is 1.79. The number of hydrogen-bond donors (Lipinski definition) is 1. The van der Waals surface area contributed by atoms with Gasteiger partial charge in [0, 0.05) is 0 Å². The summed E-state index contributed by atoms with van der Waals surface area (Å²) in [5.74, 6) is 1.25. The van der Waals surface area contributed by atoms with Crippen molar-refractivity contribution in [2.24, 2.45) is 0 Å². The molecule has 0 spiro atoms. The van der Waals surface area contributed by atoms with E-state index in [0.29, 0.717) is 5.95 Å². The maximum atomic E-state index is 5.64. The molecule has 0 radical (unpaired) electrons. The molecule has 0 aliphatic carbocycles. The van der Waals surface area contributed by atoms with E-state index < -0.39 is 0 Å². The van der Waals surface area contributed by atoms with E-state index in [4.69, 9.17) is 5.73 Å². The number of imidazole rings is 1. The van der Waals surface area contributed by atoms with Gasteiger partial charge in [-0.05, 0) is 13.8 Å². The Morgan fingerprint density at radius 3 is 2.75 bits per heavy atom. The number of anilines is 1. The van der Waals surface area contributed by atoms with E-state index in [1.165, 1.54) is 6.33 Å². The van der Waals surface area contributed by atoms with E-state index in [1.807, 2.05) is 13.8 Å². The van der Waals surface area contributed by atoms with Gasteiger partial charge in [0.1, 0.15) is 12.2 Å². The first-order chi connectivity index (χ1) is 5.70. The average Bonchev–Trinajstić information content (AvgIpc) is 2.29. The monoisotopic (exact) mass is 163 g/mol. The molecule has 0 aliphatic heterocycles. The summed E-state index contributed by atoms with van der Waals surface area (Å²) in [7, 11) is 0. The topological polar surface area (TPSA) is 69.1 Å². The molecule has 5 heteroatoms. The number of nitrogens with zero attached hydrogens (tertiary/aromatic N) is 4. The van der Waals surface area contributed by atoms with Crippen molar-refractivity contribution in [1.29, 1.82) is 0 Å². The predicted molar refractivity (Wildman–Crippen MR) is 44.7 cm³/mol. The lowest BCUT2D eigenvalue weighted by molar-refractivity contribution is 0.981. The van der Waals surface area contributed by atoms with Crippen molar-refractivity contribution in [3.8, 4) is 0 Å². The van der Waals surface area contributed by atoms with Crippen LogP contribution in [-0.4, -0.2) is 19.4 Å². The van der Waals surface area contributed by atoms with Gasteiger partial charge < -0.3 is 5.73 Å². The molecule has 2 aromatic rings. The zero-order valence-electron chi connectivity index (χ0n) is 6.94. The second-order valence-electron chi connectivity index (χ2n) is 2.64. The summed E-state index contributed by atoms with van der Waals surface area (Å²) in [5, 5.41) is 0. The van der Waals surface area contributed by atoms with Crippen LogP contribution >= 0.6 is 0 Å². The van der Waals surface area contributed by atoms with Gasteiger partial charge >= 0.3 is 0 Å². The van der Waals surface area contributed by atoms with Gasteiger partial charge in [0.15, 0.2) is 5.65 Å². The predicted octanol–water partition coefficient (Wildman–Crippen LogP) is 0.323. The van der Waals surface area contributed by atoms with Gasteiger partial charge in [-0.2, -0.15) is 0 Å². The largest absolute Gasteiger partial charge is 0.369 e. The van der Waals surface area contributed by atoms with E-state index in [-0.39, 0.29) is 0 Å². The third kappa shape index (κ3) is 0.761. The SMILES string of the molecule is Cc1nc(C)n2c(N)ncnc12. The Morgan fingerprint density at radius 1 is 1.33 bits per heavy atom. The molecule has 0 aromatic carbocycles. The Balaban J connectivity index is 2.99. The lowest BCUT2D eigenvalue weighted by atomic mass is 10.5. The van der Waals surface area contributed by atoms with Crippen molar-refractivity contribution < 1.29 is 0 Å². The molecule has 12 heavy (non-hydrogen) atoms. The van der Waals surface area contributed by atoms with E-state index in [2.05, 4.69) is 15.0 Å². The van der Waals surface area contributed by atoms with E-state index >= 15 is 0 Å². The minimum Gasteiger partial charge on any atom is -0.369 e. The number of hydrogen-bond acceptors (Lipinski definition) is 4. The van der Waals surface area contributed by atoms with Crippen LogP contribution in [0.1, 0.15) is 11.5 Å². The lowest BCUT2D eigenvalue weighted by Crippen LogP contribution is -2.02. The fraction of sp³-hybridized carbons (Fsp3) is 0.286. The van der Waals surface area contributed by atoms with Crippen LogP contribution in [0.3, 0.4) is 0 Å². The molecule has 0 atom stereocenters. The van der Waals surface area contributed by atoms with Crippen LogP contribution in [0.4, 0.5) is 5.95 Å². The van der Waals surface area contributed by atoms with Crippen molar-refractivity contribution in [3.63, 3.8) is 0 Å². The summed E-state index contributed by atoms with van der Waals surface area (Å²) in [6.07, 6.45) is 1.44. The summed E-state index contributed by atoms with van der Waals surface area (Å²) < 4.78 is 1.73. The molecule has 62 valence electrons. The highest BCUT2D eigenvalue weighted by molar-refractivity contribution is 5.48. The summed E-state index contributed by atoms with van der Waals surface area (Å²) in [5.41, 5.74) is 7.30. The quantitative estimate of drug-likeness (QED) is 0.607. The molecular formula is C7H9N5. The maximum Gasteiger partial charge on any atom is 0.208 e. The summed E-state index contributed by atoms with van der Waals surface area (Å²) in [4.78, 5) is 12.2. The highest BCUT2D eigenvalue weighted by Gasteiger charge is 2.07. The Morgan fingerprint density at radius 2 is 2.08 bits per heavy atom. The van der Waals surface area contributed by atoms with Gasteiger partial charge in [-0.1, -0.05) is 0 Å². The van der Waals surface area contributed by atoms with Crippen LogP contribution in [0.2, 0.25) is 0 Å². The molecule has 2 rings (SSSR count). The van der Waals surface area contributed by atoms with Gasteiger partial charge in [-0.25, -0.2) is 15.0 Å². The number of fused-ring (bicyclic) bond motifs is 1. The maximum absolute atomic E-state index is 5.64. The highest BCUT2D eigenvalue weighted by atomic mass is 15.2. The van der Waals surface area contributed by atoms with Crippen LogP contribution < -0.4 is 5.73 Å². The minimum atomic E-state index is 0.429. The van der Waals surface area contributed by atoms with Crippen LogP contribution in [0.15, 0.2) is 6.33 Å². The van der Waals surface area contributed by atoms with Crippen LogP contribution in [0.5, 0.6) is 0 Å². The Hall–Kier alpha value is -1.65. The second-order valence-corrected chi connectivity index (χ2v) is 2.64.